The van der Waals surface area contributed by atoms with Crippen molar-refractivity contribution >= 4 is 24.3 Å². The van der Waals surface area contributed by atoms with E-state index >= 15 is 0 Å². The lowest BCUT2D eigenvalue weighted by Gasteiger charge is -1.88. The first-order valence-corrected chi connectivity index (χ1v) is 5.63. The van der Waals surface area contributed by atoms with Crippen LogP contribution in [-0.2, 0) is 22.3 Å². The lowest BCUT2D eigenvalue weighted by molar-refractivity contribution is 0.271. The maximum absolute atomic E-state index is 10.3. The van der Waals surface area contributed by atoms with E-state index in [1.807, 2.05) is 0 Å². The monoisotopic (exact) mass is 242 g/mol. The first-order valence-electron chi connectivity index (χ1n) is 1.88. The van der Waals surface area contributed by atoms with Gasteiger partial charge in [-0.3, -0.25) is 4.89 Å². The molecule has 0 aliphatic heterocycles. The van der Waals surface area contributed by atoms with Crippen LogP contribution in [-0.4, -0.2) is 20.2 Å². The second-order valence-electron chi connectivity index (χ2n) is 1.11. The molecule has 0 saturated carbocycles. The fourth-order valence-corrected chi connectivity index (χ4v) is 1.99. The zero-order valence-corrected chi connectivity index (χ0v) is 7.91. The summed E-state index contributed by atoms with van der Waals surface area (Å²) in [4.78, 5) is 24.1. The van der Waals surface area contributed by atoms with Gasteiger partial charge in [0.2, 0.25) is 0 Å². The van der Waals surface area contributed by atoms with Gasteiger partial charge < -0.3 is 5.48 Å². The molecule has 2 atom stereocenters. The zero-order chi connectivity index (χ0) is 9.07. The number of rotatable bonds is 4. The Labute approximate surface area is 67.8 Å². The van der Waals surface area contributed by atoms with E-state index in [1.54, 1.807) is 0 Å². The van der Waals surface area contributed by atoms with Crippen LogP contribution < -0.4 is 0 Å². The molecule has 0 fully saturated rings. The summed E-state index contributed by atoms with van der Waals surface area (Å²) in [5.74, 6) is 0. The van der Waals surface area contributed by atoms with Gasteiger partial charge in [-0.1, -0.05) is 0 Å². The summed E-state index contributed by atoms with van der Waals surface area (Å²) in [6.45, 7) is 0. The number of hydrogen-bond acceptors (Lipinski definition) is 5. The Balaban J connectivity index is 0. The molecule has 0 aliphatic carbocycles. The molecule has 0 aromatic heterocycles. The van der Waals surface area contributed by atoms with Crippen molar-refractivity contribution in [1.82, 2.24) is 0 Å². The van der Waals surface area contributed by atoms with Crippen LogP contribution in [0.2, 0.25) is 0 Å². The molecule has 0 radical (unpaired) electrons. The molecular formula is H5O9P3+2. The van der Waals surface area contributed by atoms with E-state index in [2.05, 4.69) is 8.62 Å². The molecule has 0 aromatic rings. The maximum Gasteiger partial charge on any atom is 0.705 e. The van der Waals surface area contributed by atoms with E-state index in [9.17, 15) is 13.7 Å². The van der Waals surface area contributed by atoms with Crippen molar-refractivity contribution in [2.45, 2.75) is 0 Å². The molecular weight excluding hydrogens is 237 g/mol. The summed E-state index contributed by atoms with van der Waals surface area (Å²) in [5, 5.41) is 0. The highest BCUT2D eigenvalue weighted by atomic mass is 31.3. The van der Waals surface area contributed by atoms with E-state index in [1.165, 1.54) is 0 Å². The largest absolute Gasteiger partial charge is 0.705 e. The van der Waals surface area contributed by atoms with Gasteiger partial charge in [0.1, 0.15) is 0 Å². The first-order chi connectivity index (χ1) is 4.83. The van der Waals surface area contributed by atoms with Crippen LogP contribution in [0.4, 0.5) is 0 Å². The topological polar surface area (TPSA) is 162 Å². The van der Waals surface area contributed by atoms with Gasteiger partial charge in [-0.25, -0.2) is 4.57 Å². The summed E-state index contributed by atoms with van der Waals surface area (Å²) in [6.07, 6.45) is 0. The summed E-state index contributed by atoms with van der Waals surface area (Å²) < 4.78 is 36.4. The van der Waals surface area contributed by atoms with Crippen molar-refractivity contribution in [3.05, 3.63) is 0 Å². The molecule has 12 heteroatoms. The van der Waals surface area contributed by atoms with Crippen LogP contribution in [0.3, 0.4) is 0 Å². The van der Waals surface area contributed by atoms with Gasteiger partial charge in [0.05, 0.1) is 0 Å². The number of phosphoric acid groups is 1. The summed E-state index contributed by atoms with van der Waals surface area (Å²) >= 11 is 0. The van der Waals surface area contributed by atoms with E-state index in [4.69, 9.17) is 14.7 Å². The molecule has 0 amide bonds. The third-order valence-electron chi connectivity index (χ3n) is 0.346. The molecule has 0 heterocycles. The van der Waals surface area contributed by atoms with Gasteiger partial charge in [-0.05, 0) is 0 Å². The van der Waals surface area contributed by atoms with Crippen LogP contribution in [0.1, 0.15) is 0 Å². The van der Waals surface area contributed by atoms with Crippen molar-refractivity contribution in [2.75, 3.05) is 0 Å². The van der Waals surface area contributed by atoms with Crippen LogP contribution in [0, 0.1) is 0 Å². The first kappa shape index (κ1) is 14.7. The molecule has 9 nitrogen and oxygen atoms in total. The van der Waals surface area contributed by atoms with Gasteiger partial charge in [0, 0.05) is 17.8 Å². The molecule has 0 rings (SSSR count). The van der Waals surface area contributed by atoms with E-state index in [0.717, 1.165) is 0 Å². The Morgan fingerprint density at radius 2 is 1.33 bits per heavy atom. The lowest BCUT2D eigenvalue weighted by Crippen LogP contribution is -1.81. The molecule has 0 aromatic carbocycles. The van der Waals surface area contributed by atoms with Crippen molar-refractivity contribution in [1.29, 1.82) is 0 Å². The Kier molecular flexibility index (Phi) is 7.07. The van der Waals surface area contributed by atoms with E-state index in [0.29, 0.717) is 0 Å². The lowest BCUT2D eigenvalue weighted by atomic mass is 15.7. The normalized spacial score (nSPS) is 17.2. The van der Waals surface area contributed by atoms with Gasteiger partial charge in [-0.15, -0.1) is 9.79 Å². The third-order valence-corrected chi connectivity index (χ3v) is 3.11. The smallest absolute Gasteiger partial charge is 0.412 e. The SMILES string of the molecule is O.O=[P+](O)OP(=O)(O)O[P+](=O)O. The van der Waals surface area contributed by atoms with Crippen molar-refractivity contribution in [3.8, 4) is 0 Å². The van der Waals surface area contributed by atoms with Crippen molar-refractivity contribution in [2.24, 2.45) is 0 Å². The van der Waals surface area contributed by atoms with Gasteiger partial charge >= 0.3 is 24.3 Å². The zero-order valence-electron chi connectivity index (χ0n) is 5.22. The Morgan fingerprint density at radius 3 is 1.50 bits per heavy atom. The fourth-order valence-electron chi connectivity index (χ4n) is 0.191. The highest BCUT2D eigenvalue weighted by Gasteiger charge is 2.43. The standard InChI is InChI=1S/HO8P3.H2O/c1-9(2)7-11(5,6)8-10(3)4;/h(H-2,1,2,3,4,5,6);1H2/p+2. The van der Waals surface area contributed by atoms with E-state index < -0.39 is 24.3 Å². The fraction of sp³-hybridized carbons (Fsp3) is 0. The maximum atomic E-state index is 10.3. The minimum atomic E-state index is -4.87. The summed E-state index contributed by atoms with van der Waals surface area (Å²) in [7, 11) is -11.6. The Bertz CT molecular complexity index is 196. The third kappa shape index (κ3) is 8.29. The highest BCUT2D eigenvalue weighted by molar-refractivity contribution is 7.60. The predicted molar refractivity (Wildman–Crippen MR) is 35.3 cm³/mol. The van der Waals surface area contributed by atoms with Crippen LogP contribution in [0.5, 0.6) is 0 Å². The second kappa shape index (κ2) is 5.77. The summed E-state index contributed by atoms with van der Waals surface area (Å²) in [5.41, 5.74) is 0. The number of hydrogen-bond donors (Lipinski definition) is 3. The molecule has 0 spiro atoms. The van der Waals surface area contributed by atoms with Gasteiger partial charge in [-0.2, -0.15) is 0 Å². The van der Waals surface area contributed by atoms with Gasteiger partial charge in [0.25, 0.3) is 0 Å². The van der Waals surface area contributed by atoms with Crippen LogP contribution in [0.15, 0.2) is 0 Å². The molecule has 72 valence electrons. The van der Waals surface area contributed by atoms with Gasteiger partial charge in [0.15, 0.2) is 0 Å². The molecule has 0 aliphatic rings. The van der Waals surface area contributed by atoms with Crippen LogP contribution >= 0.6 is 24.3 Å². The van der Waals surface area contributed by atoms with Crippen molar-refractivity contribution < 1.29 is 42.5 Å². The summed E-state index contributed by atoms with van der Waals surface area (Å²) in [6, 6.07) is 0. The highest BCUT2D eigenvalue weighted by Crippen LogP contribution is 2.55. The molecule has 12 heavy (non-hydrogen) atoms. The average Bonchev–Trinajstić information content (AvgIpc) is 1.53. The molecule has 0 saturated heterocycles. The second-order valence-corrected chi connectivity index (χ2v) is 4.30. The predicted octanol–water partition coefficient (Wildman–Crippen LogP) is -0.405. The Hall–Kier alpha value is 0.190. The minimum Gasteiger partial charge on any atom is -0.412 e. The van der Waals surface area contributed by atoms with Crippen LogP contribution in [0.25, 0.3) is 0 Å². The quantitative estimate of drug-likeness (QED) is 0.560. The Morgan fingerprint density at radius 1 is 1.08 bits per heavy atom. The molecule has 0 bridgehead atoms. The average molecular weight is 242 g/mol. The molecule has 2 unspecified atom stereocenters. The van der Waals surface area contributed by atoms with E-state index in [-0.39, 0.29) is 5.48 Å². The minimum absolute atomic E-state index is 0. The molecule has 5 N–H and O–H groups in total. The van der Waals surface area contributed by atoms with Crippen molar-refractivity contribution in [3.63, 3.8) is 0 Å².